The van der Waals surface area contributed by atoms with Crippen LogP contribution in [0.3, 0.4) is 0 Å². The van der Waals surface area contributed by atoms with E-state index in [0.29, 0.717) is 5.69 Å². The standard InChI is InChI=1S/C15H21N3O/c1-2-9-19-10-5-8-17-15-12-6-3-4-7-14(12)18-11-13(15)16/h3-4,6-7,11H,2,5,8-10,16H2,1H3,(H,17,18). The molecule has 2 aromatic rings. The third-order valence-corrected chi connectivity index (χ3v) is 2.92. The largest absolute Gasteiger partial charge is 0.396 e. The van der Waals surface area contributed by atoms with Crippen LogP contribution in [0.15, 0.2) is 30.5 Å². The van der Waals surface area contributed by atoms with Gasteiger partial charge >= 0.3 is 0 Å². The zero-order valence-corrected chi connectivity index (χ0v) is 11.4. The summed E-state index contributed by atoms with van der Waals surface area (Å²) in [6.45, 7) is 4.58. The van der Waals surface area contributed by atoms with E-state index in [4.69, 9.17) is 10.5 Å². The molecule has 0 aliphatic carbocycles. The van der Waals surface area contributed by atoms with Crippen molar-refractivity contribution in [3.8, 4) is 0 Å². The molecule has 0 aliphatic heterocycles. The van der Waals surface area contributed by atoms with Crippen molar-refractivity contribution in [2.45, 2.75) is 19.8 Å². The van der Waals surface area contributed by atoms with Crippen LogP contribution in [0.4, 0.5) is 11.4 Å². The van der Waals surface area contributed by atoms with Gasteiger partial charge in [-0.25, -0.2) is 0 Å². The topological polar surface area (TPSA) is 60.2 Å². The van der Waals surface area contributed by atoms with E-state index in [-0.39, 0.29) is 0 Å². The lowest BCUT2D eigenvalue weighted by Gasteiger charge is -2.12. The lowest BCUT2D eigenvalue weighted by molar-refractivity contribution is 0.134. The maximum atomic E-state index is 5.99. The molecule has 0 unspecified atom stereocenters. The molecule has 4 heteroatoms. The molecule has 0 fully saturated rings. The summed E-state index contributed by atoms with van der Waals surface area (Å²) >= 11 is 0. The molecule has 0 spiro atoms. The van der Waals surface area contributed by atoms with Crippen LogP contribution in [-0.4, -0.2) is 24.7 Å². The first-order chi connectivity index (χ1) is 9.33. The number of hydrogen-bond donors (Lipinski definition) is 2. The Hall–Kier alpha value is -1.81. The van der Waals surface area contributed by atoms with Crippen molar-refractivity contribution in [3.63, 3.8) is 0 Å². The number of rotatable bonds is 7. The van der Waals surface area contributed by atoms with E-state index in [2.05, 4.69) is 17.2 Å². The maximum absolute atomic E-state index is 5.99. The van der Waals surface area contributed by atoms with Crippen LogP contribution in [0.2, 0.25) is 0 Å². The summed E-state index contributed by atoms with van der Waals surface area (Å²) in [5.41, 5.74) is 8.61. The van der Waals surface area contributed by atoms with Gasteiger partial charge in [0, 0.05) is 25.1 Å². The van der Waals surface area contributed by atoms with Gasteiger partial charge in [-0.2, -0.15) is 0 Å². The molecule has 4 nitrogen and oxygen atoms in total. The minimum absolute atomic E-state index is 0.688. The first kappa shape index (κ1) is 13.6. The van der Waals surface area contributed by atoms with Gasteiger partial charge in [-0.1, -0.05) is 25.1 Å². The van der Waals surface area contributed by atoms with Gasteiger partial charge in [0.25, 0.3) is 0 Å². The van der Waals surface area contributed by atoms with Crippen molar-refractivity contribution in [3.05, 3.63) is 30.5 Å². The molecular formula is C15H21N3O. The summed E-state index contributed by atoms with van der Waals surface area (Å²) in [4.78, 5) is 4.32. The van der Waals surface area contributed by atoms with Gasteiger partial charge in [-0.15, -0.1) is 0 Å². The predicted molar refractivity (Wildman–Crippen MR) is 80.4 cm³/mol. The smallest absolute Gasteiger partial charge is 0.0743 e. The van der Waals surface area contributed by atoms with Crippen molar-refractivity contribution in [2.24, 2.45) is 0 Å². The number of aromatic nitrogens is 1. The number of pyridine rings is 1. The van der Waals surface area contributed by atoms with Gasteiger partial charge in [0.1, 0.15) is 0 Å². The number of benzene rings is 1. The number of nitrogen functional groups attached to an aromatic ring is 1. The van der Waals surface area contributed by atoms with Crippen LogP contribution in [0, 0.1) is 0 Å². The monoisotopic (exact) mass is 259 g/mol. The van der Waals surface area contributed by atoms with Crippen molar-refractivity contribution >= 4 is 22.3 Å². The minimum Gasteiger partial charge on any atom is -0.396 e. The second kappa shape index (κ2) is 6.95. The Morgan fingerprint density at radius 2 is 2.11 bits per heavy atom. The van der Waals surface area contributed by atoms with Gasteiger partial charge in [-0.3, -0.25) is 4.98 Å². The van der Waals surface area contributed by atoms with E-state index in [1.807, 2.05) is 24.3 Å². The van der Waals surface area contributed by atoms with Crippen molar-refractivity contribution < 1.29 is 4.74 Å². The molecule has 0 atom stereocenters. The second-order valence-electron chi connectivity index (χ2n) is 4.50. The third kappa shape index (κ3) is 3.58. The Kier molecular flexibility index (Phi) is 4.98. The number of nitrogens with one attached hydrogen (secondary N) is 1. The highest BCUT2D eigenvalue weighted by molar-refractivity contribution is 5.96. The molecule has 1 aromatic heterocycles. The molecule has 1 aromatic carbocycles. The molecular weight excluding hydrogens is 238 g/mol. The summed E-state index contributed by atoms with van der Waals surface area (Å²) in [7, 11) is 0. The first-order valence-electron chi connectivity index (χ1n) is 6.77. The maximum Gasteiger partial charge on any atom is 0.0743 e. The number of anilines is 2. The van der Waals surface area contributed by atoms with Crippen LogP contribution < -0.4 is 11.1 Å². The Morgan fingerprint density at radius 3 is 2.95 bits per heavy atom. The fraction of sp³-hybridized carbons (Fsp3) is 0.400. The van der Waals surface area contributed by atoms with E-state index in [9.17, 15) is 0 Å². The summed E-state index contributed by atoms with van der Waals surface area (Å²) in [5.74, 6) is 0. The molecule has 102 valence electrons. The molecule has 0 aliphatic rings. The van der Waals surface area contributed by atoms with E-state index < -0.39 is 0 Å². The minimum atomic E-state index is 0.688. The molecule has 3 N–H and O–H groups in total. The van der Waals surface area contributed by atoms with Crippen LogP contribution >= 0.6 is 0 Å². The number of nitrogens with zero attached hydrogens (tertiary/aromatic N) is 1. The number of ether oxygens (including phenoxy) is 1. The van der Waals surface area contributed by atoms with Crippen LogP contribution in [-0.2, 0) is 4.74 Å². The lowest BCUT2D eigenvalue weighted by Crippen LogP contribution is -2.08. The summed E-state index contributed by atoms with van der Waals surface area (Å²) in [6, 6.07) is 8.01. The third-order valence-electron chi connectivity index (χ3n) is 2.92. The van der Waals surface area contributed by atoms with Gasteiger partial charge in [-0.05, 0) is 18.9 Å². The number of nitrogens with two attached hydrogens (primary N) is 1. The molecule has 2 rings (SSSR count). The quantitative estimate of drug-likeness (QED) is 0.750. The molecule has 0 amide bonds. The van der Waals surface area contributed by atoms with Gasteiger partial charge in [0.05, 0.1) is 23.1 Å². The number of hydrogen-bond acceptors (Lipinski definition) is 4. The molecule has 0 bridgehead atoms. The fourth-order valence-corrected chi connectivity index (χ4v) is 1.99. The second-order valence-corrected chi connectivity index (χ2v) is 4.50. The lowest BCUT2D eigenvalue weighted by atomic mass is 10.1. The highest BCUT2D eigenvalue weighted by Gasteiger charge is 2.05. The summed E-state index contributed by atoms with van der Waals surface area (Å²) in [6.07, 6.45) is 3.74. The van der Waals surface area contributed by atoms with Gasteiger partial charge in [0.2, 0.25) is 0 Å². The Balaban J connectivity index is 1.98. The molecule has 0 saturated carbocycles. The van der Waals surface area contributed by atoms with Crippen molar-refractivity contribution in [1.29, 1.82) is 0 Å². The highest BCUT2D eigenvalue weighted by atomic mass is 16.5. The number of para-hydroxylation sites is 1. The zero-order chi connectivity index (χ0) is 13.5. The van der Waals surface area contributed by atoms with Gasteiger partial charge < -0.3 is 15.8 Å². The average Bonchev–Trinajstić information content (AvgIpc) is 2.44. The normalized spacial score (nSPS) is 10.8. The van der Waals surface area contributed by atoms with Gasteiger partial charge in [0.15, 0.2) is 0 Å². The average molecular weight is 259 g/mol. The molecule has 0 saturated heterocycles. The SMILES string of the molecule is CCCOCCCNc1c(N)cnc2ccccc12. The van der Waals surface area contributed by atoms with E-state index >= 15 is 0 Å². The van der Waals surface area contributed by atoms with E-state index in [0.717, 1.165) is 49.2 Å². The number of fused-ring (bicyclic) bond motifs is 1. The van der Waals surface area contributed by atoms with Crippen LogP contribution in [0.1, 0.15) is 19.8 Å². The predicted octanol–water partition coefficient (Wildman–Crippen LogP) is 3.05. The fourth-order valence-electron chi connectivity index (χ4n) is 1.99. The Morgan fingerprint density at radius 1 is 1.26 bits per heavy atom. The van der Waals surface area contributed by atoms with Crippen molar-refractivity contribution in [2.75, 3.05) is 30.8 Å². The Bertz CT molecular complexity index is 528. The van der Waals surface area contributed by atoms with E-state index in [1.165, 1.54) is 0 Å². The molecule has 0 radical (unpaired) electrons. The van der Waals surface area contributed by atoms with Crippen LogP contribution in [0.5, 0.6) is 0 Å². The first-order valence-corrected chi connectivity index (χ1v) is 6.77. The Labute approximate surface area is 114 Å². The zero-order valence-electron chi connectivity index (χ0n) is 11.4. The highest BCUT2D eigenvalue weighted by Crippen LogP contribution is 2.27. The van der Waals surface area contributed by atoms with Crippen molar-refractivity contribution in [1.82, 2.24) is 4.98 Å². The summed E-state index contributed by atoms with van der Waals surface area (Å²) in [5, 5.41) is 4.45. The summed E-state index contributed by atoms with van der Waals surface area (Å²) < 4.78 is 5.45. The van der Waals surface area contributed by atoms with E-state index in [1.54, 1.807) is 6.20 Å². The molecule has 19 heavy (non-hydrogen) atoms. The molecule has 1 heterocycles. The van der Waals surface area contributed by atoms with Crippen LogP contribution in [0.25, 0.3) is 10.9 Å².